The molecule has 1 aromatic carbocycles. The van der Waals surface area contributed by atoms with E-state index in [2.05, 4.69) is 62.2 Å². The molecule has 1 aromatic heterocycles. The summed E-state index contributed by atoms with van der Waals surface area (Å²) in [6.45, 7) is 4.31. The molecule has 0 aliphatic heterocycles. The Balaban J connectivity index is 2.24. The van der Waals surface area contributed by atoms with Gasteiger partial charge < -0.3 is 11.1 Å². The molecular weight excluding hydrogens is 294 g/mol. The number of aromatic nitrogens is 3. The fraction of sp³-hybridized carbons (Fsp3) is 0.250. The van der Waals surface area contributed by atoms with Crippen LogP contribution in [0.1, 0.15) is 25.3 Å². The van der Waals surface area contributed by atoms with Gasteiger partial charge in [0, 0.05) is 4.47 Å². The molecule has 3 N–H and O–H groups in total. The minimum Gasteiger partial charge on any atom is -0.368 e. The fourth-order valence-corrected chi connectivity index (χ4v) is 1.98. The molecule has 0 saturated carbocycles. The van der Waals surface area contributed by atoms with Gasteiger partial charge in [-0.25, -0.2) is 9.97 Å². The molecule has 18 heavy (non-hydrogen) atoms. The molecule has 0 aliphatic carbocycles. The van der Waals surface area contributed by atoms with Crippen molar-refractivity contribution in [3.05, 3.63) is 34.6 Å². The van der Waals surface area contributed by atoms with Crippen LogP contribution < -0.4 is 11.1 Å². The Labute approximate surface area is 114 Å². The van der Waals surface area contributed by atoms with Crippen LogP contribution in [0, 0.1) is 0 Å². The van der Waals surface area contributed by atoms with Crippen LogP contribution in [-0.4, -0.2) is 15.0 Å². The summed E-state index contributed by atoms with van der Waals surface area (Å²) in [5, 5.41) is 3.09. The quantitative estimate of drug-likeness (QED) is 0.911. The molecule has 2 aromatic rings. The normalized spacial score (nSPS) is 10.7. The molecule has 0 aliphatic rings. The Morgan fingerprint density at radius 1 is 1.28 bits per heavy atom. The number of nitrogens with zero attached hydrogens (tertiary/aromatic N) is 3. The molecule has 94 valence electrons. The SMILES string of the molecule is CC(C)c1ccc(Nc2ncnc(N)n2)c(Br)c1. The van der Waals surface area contributed by atoms with E-state index in [-0.39, 0.29) is 5.95 Å². The lowest BCUT2D eigenvalue weighted by atomic mass is 10.0. The highest BCUT2D eigenvalue weighted by Crippen LogP contribution is 2.28. The summed E-state index contributed by atoms with van der Waals surface area (Å²) in [7, 11) is 0. The largest absolute Gasteiger partial charge is 0.368 e. The highest BCUT2D eigenvalue weighted by molar-refractivity contribution is 9.10. The maximum Gasteiger partial charge on any atom is 0.232 e. The number of hydrogen-bond donors (Lipinski definition) is 2. The summed E-state index contributed by atoms with van der Waals surface area (Å²) in [6, 6.07) is 6.14. The third kappa shape index (κ3) is 2.95. The highest BCUT2D eigenvalue weighted by atomic mass is 79.9. The Bertz CT molecular complexity index is 556. The number of rotatable bonds is 3. The van der Waals surface area contributed by atoms with Crippen molar-refractivity contribution < 1.29 is 0 Å². The third-order valence-electron chi connectivity index (χ3n) is 2.50. The Morgan fingerprint density at radius 3 is 2.67 bits per heavy atom. The summed E-state index contributed by atoms with van der Waals surface area (Å²) in [5.74, 6) is 1.12. The van der Waals surface area contributed by atoms with Crippen molar-refractivity contribution in [1.29, 1.82) is 0 Å². The second-order valence-corrected chi connectivity index (χ2v) is 5.04. The zero-order valence-electron chi connectivity index (χ0n) is 10.2. The fourth-order valence-electron chi connectivity index (χ4n) is 1.48. The molecule has 0 amide bonds. The molecule has 5 nitrogen and oxygen atoms in total. The first kappa shape index (κ1) is 12.8. The van der Waals surface area contributed by atoms with Crippen molar-refractivity contribution in [3.63, 3.8) is 0 Å². The molecule has 0 bridgehead atoms. The van der Waals surface area contributed by atoms with Crippen LogP contribution in [0.3, 0.4) is 0 Å². The van der Waals surface area contributed by atoms with Gasteiger partial charge in [0.15, 0.2) is 0 Å². The maximum absolute atomic E-state index is 5.50. The van der Waals surface area contributed by atoms with Gasteiger partial charge >= 0.3 is 0 Å². The van der Waals surface area contributed by atoms with Gasteiger partial charge in [-0.1, -0.05) is 19.9 Å². The number of benzene rings is 1. The summed E-state index contributed by atoms with van der Waals surface area (Å²) >= 11 is 3.53. The molecule has 1 heterocycles. The zero-order chi connectivity index (χ0) is 13.1. The number of nitrogens with two attached hydrogens (primary N) is 1. The van der Waals surface area contributed by atoms with Crippen molar-refractivity contribution in [1.82, 2.24) is 15.0 Å². The Kier molecular flexibility index (Phi) is 3.76. The first-order valence-electron chi connectivity index (χ1n) is 5.57. The molecule has 0 spiro atoms. The summed E-state index contributed by atoms with van der Waals surface area (Å²) < 4.78 is 0.965. The van der Waals surface area contributed by atoms with E-state index >= 15 is 0 Å². The van der Waals surface area contributed by atoms with Gasteiger partial charge in [0.1, 0.15) is 6.33 Å². The molecule has 0 radical (unpaired) electrons. The van der Waals surface area contributed by atoms with Crippen LogP contribution in [0.4, 0.5) is 17.6 Å². The second-order valence-electron chi connectivity index (χ2n) is 4.19. The van der Waals surface area contributed by atoms with Crippen LogP contribution in [0.2, 0.25) is 0 Å². The van der Waals surface area contributed by atoms with Crippen molar-refractivity contribution in [2.24, 2.45) is 0 Å². The number of nitrogens with one attached hydrogen (secondary N) is 1. The van der Waals surface area contributed by atoms with Gasteiger partial charge in [0.2, 0.25) is 11.9 Å². The van der Waals surface area contributed by atoms with E-state index in [1.807, 2.05) is 6.07 Å². The van der Waals surface area contributed by atoms with Gasteiger partial charge in [-0.15, -0.1) is 0 Å². The minimum absolute atomic E-state index is 0.197. The van der Waals surface area contributed by atoms with E-state index in [4.69, 9.17) is 5.73 Å². The summed E-state index contributed by atoms with van der Waals surface area (Å²) in [6.07, 6.45) is 1.38. The molecule has 6 heteroatoms. The van der Waals surface area contributed by atoms with Crippen molar-refractivity contribution in [2.75, 3.05) is 11.1 Å². The highest BCUT2D eigenvalue weighted by Gasteiger charge is 2.06. The average Bonchev–Trinajstić information content (AvgIpc) is 2.31. The summed E-state index contributed by atoms with van der Waals surface area (Å²) in [5.41, 5.74) is 7.66. The van der Waals surface area contributed by atoms with Crippen molar-refractivity contribution in [3.8, 4) is 0 Å². The molecular formula is C12H14BrN5. The van der Waals surface area contributed by atoms with Gasteiger partial charge in [0.25, 0.3) is 0 Å². The van der Waals surface area contributed by atoms with E-state index in [1.165, 1.54) is 11.9 Å². The van der Waals surface area contributed by atoms with Gasteiger partial charge in [-0.2, -0.15) is 4.98 Å². The number of hydrogen-bond acceptors (Lipinski definition) is 5. The third-order valence-corrected chi connectivity index (χ3v) is 3.15. The molecule has 2 rings (SSSR count). The number of anilines is 3. The number of halogens is 1. The molecule has 0 atom stereocenters. The second kappa shape index (κ2) is 5.30. The average molecular weight is 308 g/mol. The minimum atomic E-state index is 0.197. The predicted octanol–water partition coefficient (Wildman–Crippen LogP) is 3.08. The van der Waals surface area contributed by atoms with Crippen molar-refractivity contribution >= 4 is 33.5 Å². The summed E-state index contributed by atoms with van der Waals surface area (Å²) in [4.78, 5) is 11.7. The van der Waals surface area contributed by atoms with Crippen LogP contribution in [0.15, 0.2) is 29.0 Å². The first-order valence-corrected chi connectivity index (χ1v) is 6.36. The van der Waals surface area contributed by atoms with E-state index in [0.717, 1.165) is 10.2 Å². The van der Waals surface area contributed by atoms with Crippen LogP contribution in [0.25, 0.3) is 0 Å². The van der Waals surface area contributed by atoms with Gasteiger partial charge in [0.05, 0.1) is 5.69 Å². The standard InChI is InChI=1S/C12H14BrN5/c1-7(2)8-3-4-10(9(13)5-8)17-12-16-6-15-11(14)18-12/h3-7H,1-2H3,(H3,14,15,16,17,18). The lowest BCUT2D eigenvalue weighted by Gasteiger charge is -2.10. The monoisotopic (exact) mass is 307 g/mol. The van der Waals surface area contributed by atoms with E-state index in [0.29, 0.717) is 11.9 Å². The molecule has 0 saturated heterocycles. The van der Waals surface area contributed by atoms with Gasteiger partial charge in [-0.3, -0.25) is 0 Å². The van der Waals surface area contributed by atoms with Crippen molar-refractivity contribution in [2.45, 2.75) is 19.8 Å². The molecule has 0 fully saturated rings. The molecule has 0 unspecified atom stereocenters. The first-order chi connectivity index (χ1) is 8.56. The van der Waals surface area contributed by atoms with Gasteiger partial charge in [-0.05, 0) is 39.5 Å². The van der Waals surface area contributed by atoms with E-state index < -0.39 is 0 Å². The number of nitrogen functional groups attached to an aromatic ring is 1. The van der Waals surface area contributed by atoms with E-state index in [9.17, 15) is 0 Å². The van der Waals surface area contributed by atoms with Crippen LogP contribution in [0.5, 0.6) is 0 Å². The topological polar surface area (TPSA) is 76.7 Å². The Morgan fingerprint density at radius 2 is 2.06 bits per heavy atom. The Hall–Kier alpha value is -1.69. The zero-order valence-corrected chi connectivity index (χ0v) is 11.8. The lowest BCUT2D eigenvalue weighted by molar-refractivity contribution is 0.866. The van der Waals surface area contributed by atoms with E-state index in [1.54, 1.807) is 0 Å². The lowest BCUT2D eigenvalue weighted by Crippen LogP contribution is -2.02. The van der Waals surface area contributed by atoms with Crippen LogP contribution in [-0.2, 0) is 0 Å². The smallest absolute Gasteiger partial charge is 0.232 e. The maximum atomic E-state index is 5.50. The predicted molar refractivity (Wildman–Crippen MR) is 75.8 cm³/mol. The van der Waals surface area contributed by atoms with Crippen LogP contribution >= 0.6 is 15.9 Å².